The van der Waals surface area contributed by atoms with E-state index >= 15 is 0 Å². The van der Waals surface area contributed by atoms with Gasteiger partial charge in [-0.15, -0.1) is 11.3 Å². The number of amides is 1. The first kappa shape index (κ1) is 17.9. The minimum Gasteiger partial charge on any atom is -0.301 e. The van der Waals surface area contributed by atoms with Crippen LogP contribution < -0.4 is 5.32 Å². The maximum atomic E-state index is 13.3. The van der Waals surface area contributed by atoms with E-state index in [1.165, 1.54) is 23.4 Å². The standard InChI is InChI=1S/C17H21Br3N2OS/c1-15(2)16(12(19)20)7-8-17(15,11(16)18)13(23)22-14-21-9-5-3-4-6-10(9)24-14/h11-12H,3-8H2,1-2H3,(H,21,22,23)/t11-,16+,17-/m0/s1. The van der Waals surface area contributed by atoms with Crippen molar-refractivity contribution in [3.8, 4) is 0 Å². The summed E-state index contributed by atoms with van der Waals surface area (Å²) >= 11 is 13.0. The summed E-state index contributed by atoms with van der Waals surface area (Å²) in [6.07, 6.45) is 6.57. The number of alkyl halides is 3. The third-order valence-corrected chi connectivity index (χ3v) is 11.3. The van der Waals surface area contributed by atoms with E-state index < -0.39 is 0 Å². The number of halogens is 3. The molecule has 3 nitrogen and oxygen atoms in total. The number of thiazole rings is 1. The number of nitrogens with one attached hydrogen (secondary N) is 1. The van der Waals surface area contributed by atoms with Crippen molar-refractivity contribution in [2.75, 3.05) is 5.32 Å². The Hall–Kier alpha value is 0.540. The van der Waals surface area contributed by atoms with Crippen LogP contribution in [0.15, 0.2) is 0 Å². The van der Waals surface area contributed by atoms with Crippen LogP contribution in [-0.4, -0.2) is 19.5 Å². The van der Waals surface area contributed by atoms with Crippen molar-refractivity contribution in [1.82, 2.24) is 4.98 Å². The Morgan fingerprint density at radius 2 is 2.00 bits per heavy atom. The molecule has 0 radical (unpaired) electrons. The van der Waals surface area contributed by atoms with Crippen LogP contribution in [0.2, 0.25) is 0 Å². The zero-order valence-corrected chi connectivity index (χ0v) is 19.4. The van der Waals surface area contributed by atoms with Crippen LogP contribution in [0.3, 0.4) is 0 Å². The Morgan fingerprint density at radius 3 is 2.58 bits per heavy atom. The fourth-order valence-electron chi connectivity index (χ4n) is 5.31. The number of fused-ring (bicyclic) bond motifs is 2. The third-order valence-electron chi connectivity index (χ3n) is 6.96. The molecular weight excluding hydrogens is 520 g/mol. The highest BCUT2D eigenvalue weighted by atomic mass is 79.9. The van der Waals surface area contributed by atoms with Crippen LogP contribution in [0.5, 0.6) is 0 Å². The largest absolute Gasteiger partial charge is 0.301 e. The van der Waals surface area contributed by atoms with E-state index in [1.807, 2.05) is 0 Å². The molecule has 0 aliphatic heterocycles. The van der Waals surface area contributed by atoms with Crippen LogP contribution in [0.25, 0.3) is 0 Å². The van der Waals surface area contributed by atoms with Gasteiger partial charge < -0.3 is 5.32 Å². The van der Waals surface area contributed by atoms with Gasteiger partial charge in [0.2, 0.25) is 5.91 Å². The van der Waals surface area contributed by atoms with Gasteiger partial charge >= 0.3 is 0 Å². The summed E-state index contributed by atoms with van der Waals surface area (Å²) < 4.78 is 0.201. The quantitative estimate of drug-likeness (QED) is 0.504. The Morgan fingerprint density at radius 1 is 1.29 bits per heavy atom. The molecule has 3 saturated carbocycles. The lowest BCUT2D eigenvalue weighted by atomic mass is 9.43. The normalized spacial score (nSPS) is 36.3. The summed E-state index contributed by atoms with van der Waals surface area (Å²) in [6.45, 7) is 4.47. The van der Waals surface area contributed by atoms with Gasteiger partial charge in [-0.05, 0) is 43.9 Å². The Bertz CT molecular complexity index is 681. The molecule has 4 aliphatic rings. The number of hydrogen-bond donors (Lipinski definition) is 1. The van der Waals surface area contributed by atoms with Crippen LogP contribution >= 0.6 is 59.1 Å². The lowest BCUT2D eigenvalue weighted by Crippen LogP contribution is -2.71. The molecule has 0 unspecified atom stereocenters. The van der Waals surface area contributed by atoms with Gasteiger partial charge in [-0.25, -0.2) is 4.98 Å². The van der Waals surface area contributed by atoms with Gasteiger partial charge in [0, 0.05) is 15.1 Å². The highest BCUT2D eigenvalue weighted by Crippen LogP contribution is 2.82. The summed E-state index contributed by atoms with van der Waals surface area (Å²) in [5, 5.41) is 3.96. The molecule has 24 heavy (non-hydrogen) atoms. The summed E-state index contributed by atoms with van der Waals surface area (Å²) in [4.78, 5) is 19.5. The van der Waals surface area contributed by atoms with Crippen molar-refractivity contribution in [2.45, 2.75) is 60.9 Å². The van der Waals surface area contributed by atoms with Crippen molar-refractivity contribution < 1.29 is 4.79 Å². The van der Waals surface area contributed by atoms with E-state index in [0.717, 1.165) is 30.8 Å². The van der Waals surface area contributed by atoms with E-state index in [1.54, 1.807) is 11.3 Å². The third kappa shape index (κ3) is 1.99. The van der Waals surface area contributed by atoms with Crippen LogP contribution in [0.1, 0.15) is 50.1 Å². The second-order valence-corrected chi connectivity index (χ2v) is 12.9. The van der Waals surface area contributed by atoms with E-state index in [-0.39, 0.29) is 30.7 Å². The first-order valence-electron chi connectivity index (χ1n) is 8.49. The summed E-state index contributed by atoms with van der Waals surface area (Å²) in [7, 11) is 0. The van der Waals surface area contributed by atoms with Crippen molar-refractivity contribution in [3.05, 3.63) is 10.6 Å². The fourth-order valence-corrected chi connectivity index (χ4v) is 11.3. The minimum atomic E-state index is -0.362. The Balaban J connectivity index is 1.60. The second kappa shape index (κ2) is 5.77. The second-order valence-electron chi connectivity index (χ2n) is 7.85. The monoisotopic (exact) mass is 538 g/mol. The number of nitrogens with zero attached hydrogens (tertiary/aromatic N) is 1. The molecule has 7 heteroatoms. The topological polar surface area (TPSA) is 42.0 Å². The predicted octanol–water partition coefficient (Wildman–Crippen LogP) is 5.65. The average Bonchev–Trinajstić information content (AvgIpc) is 3.14. The molecule has 1 heterocycles. The Kier molecular flexibility index (Phi) is 4.31. The summed E-state index contributed by atoms with van der Waals surface area (Å²) in [5.41, 5.74) is 0.821. The molecule has 132 valence electrons. The molecular formula is C17H21Br3N2OS. The molecule has 2 bridgehead atoms. The number of anilines is 1. The lowest BCUT2D eigenvalue weighted by molar-refractivity contribution is -0.155. The SMILES string of the molecule is CC1(C)[C@]2(C(Br)Br)CC[C@@]1(C(=O)Nc1nc3c(s1)CCCC3)[C@H]2Br. The molecule has 5 rings (SSSR count). The highest BCUT2D eigenvalue weighted by Gasteiger charge is 2.83. The number of carbonyl (C=O) groups is 1. The maximum absolute atomic E-state index is 13.3. The maximum Gasteiger partial charge on any atom is 0.234 e. The number of aromatic nitrogens is 1. The molecule has 3 fully saturated rings. The molecule has 0 aromatic carbocycles. The molecule has 0 spiro atoms. The predicted molar refractivity (Wildman–Crippen MR) is 110 cm³/mol. The minimum absolute atomic E-state index is 0.0620. The number of aryl methyl sites for hydroxylation is 2. The van der Waals surface area contributed by atoms with E-state index in [2.05, 4.69) is 71.9 Å². The molecule has 1 aromatic heterocycles. The van der Waals surface area contributed by atoms with Crippen LogP contribution in [-0.2, 0) is 17.6 Å². The van der Waals surface area contributed by atoms with Crippen LogP contribution in [0, 0.1) is 16.2 Å². The van der Waals surface area contributed by atoms with Crippen molar-refractivity contribution >= 4 is 70.2 Å². The van der Waals surface area contributed by atoms with E-state index in [9.17, 15) is 4.79 Å². The first-order valence-corrected chi connectivity index (χ1v) is 12.1. The van der Waals surface area contributed by atoms with Crippen molar-refractivity contribution in [3.63, 3.8) is 0 Å². The number of hydrogen-bond acceptors (Lipinski definition) is 3. The van der Waals surface area contributed by atoms with Gasteiger partial charge in [0.1, 0.15) is 0 Å². The average molecular weight is 541 g/mol. The summed E-state index contributed by atoms with van der Waals surface area (Å²) in [6, 6.07) is 0. The van der Waals surface area contributed by atoms with E-state index in [0.29, 0.717) is 0 Å². The summed E-state index contributed by atoms with van der Waals surface area (Å²) in [5.74, 6) is 0.134. The van der Waals surface area contributed by atoms with Gasteiger partial charge in [-0.1, -0.05) is 61.6 Å². The van der Waals surface area contributed by atoms with Gasteiger partial charge in [0.15, 0.2) is 5.13 Å². The smallest absolute Gasteiger partial charge is 0.234 e. The number of carbonyl (C=O) groups excluding carboxylic acids is 1. The fraction of sp³-hybridized carbons (Fsp3) is 0.765. The zero-order valence-electron chi connectivity index (χ0n) is 13.8. The molecule has 4 aliphatic carbocycles. The first-order chi connectivity index (χ1) is 11.3. The van der Waals surface area contributed by atoms with E-state index in [4.69, 9.17) is 0 Å². The highest BCUT2D eigenvalue weighted by molar-refractivity contribution is 9.24. The lowest BCUT2D eigenvalue weighted by Gasteiger charge is -2.66. The van der Waals surface area contributed by atoms with Crippen LogP contribution in [0.4, 0.5) is 5.13 Å². The molecule has 1 N–H and O–H groups in total. The Labute approximate surface area is 172 Å². The van der Waals surface area contributed by atoms with Gasteiger partial charge in [0.05, 0.1) is 14.8 Å². The molecule has 1 aromatic rings. The molecule has 3 atom stereocenters. The van der Waals surface area contributed by atoms with Crippen molar-refractivity contribution in [2.24, 2.45) is 16.2 Å². The molecule has 0 saturated heterocycles. The van der Waals surface area contributed by atoms with Crippen molar-refractivity contribution in [1.29, 1.82) is 0 Å². The number of rotatable bonds is 3. The molecule has 1 amide bonds. The van der Waals surface area contributed by atoms with Gasteiger partial charge in [-0.3, -0.25) is 4.79 Å². The van der Waals surface area contributed by atoms with Gasteiger partial charge in [-0.2, -0.15) is 0 Å². The zero-order chi connectivity index (χ0) is 17.3. The van der Waals surface area contributed by atoms with Gasteiger partial charge in [0.25, 0.3) is 0 Å².